The summed E-state index contributed by atoms with van der Waals surface area (Å²) in [5, 5.41) is 4.29. The molecule has 0 radical (unpaired) electrons. The van der Waals surface area contributed by atoms with E-state index < -0.39 is 10.0 Å². The molecule has 18 heavy (non-hydrogen) atoms. The van der Waals surface area contributed by atoms with Gasteiger partial charge >= 0.3 is 0 Å². The molecular weight excluding hydrogens is 252 g/mol. The van der Waals surface area contributed by atoms with Crippen LogP contribution in [-0.2, 0) is 16.6 Å². The van der Waals surface area contributed by atoms with Crippen molar-refractivity contribution in [2.75, 3.05) is 20.1 Å². The van der Waals surface area contributed by atoms with E-state index >= 15 is 0 Å². The van der Waals surface area contributed by atoms with E-state index in [1.165, 1.54) is 4.31 Å². The standard InChI is InChI=1S/C11H22N4O2S/c1-5-14(4)18(16,17)11-9(2)13-15(10(11)3)8-6-7-12/h5-8,12H2,1-4H3. The number of nitrogens with zero attached hydrogens (tertiary/aromatic N) is 3. The van der Waals surface area contributed by atoms with E-state index in [9.17, 15) is 8.42 Å². The minimum atomic E-state index is -3.44. The van der Waals surface area contributed by atoms with Gasteiger partial charge in [-0.05, 0) is 26.8 Å². The molecule has 1 aromatic rings. The number of aryl methyl sites for hydroxylation is 2. The van der Waals surface area contributed by atoms with E-state index in [1.807, 2.05) is 0 Å². The Morgan fingerprint density at radius 1 is 1.39 bits per heavy atom. The quantitative estimate of drug-likeness (QED) is 0.818. The van der Waals surface area contributed by atoms with Gasteiger partial charge in [-0.3, -0.25) is 4.68 Å². The fourth-order valence-corrected chi connectivity index (χ4v) is 3.38. The van der Waals surface area contributed by atoms with Gasteiger partial charge in [0.15, 0.2) is 0 Å². The predicted octanol–water partition coefficient (Wildman–Crippen LogP) is 0.489. The summed E-state index contributed by atoms with van der Waals surface area (Å²) in [6, 6.07) is 0. The van der Waals surface area contributed by atoms with Crippen molar-refractivity contribution >= 4 is 10.0 Å². The van der Waals surface area contributed by atoms with E-state index in [0.29, 0.717) is 35.9 Å². The van der Waals surface area contributed by atoms with Crippen molar-refractivity contribution in [3.63, 3.8) is 0 Å². The molecule has 6 nitrogen and oxygen atoms in total. The minimum absolute atomic E-state index is 0.323. The van der Waals surface area contributed by atoms with Crippen LogP contribution in [0.15, 0.2) is 4.90 Å². The maximum Gasteiger partial charge on any atom is 0.246 e. The Bertz CT molecular complexity index is 507. The van der Waals surface area contributed by atoms with Gasteiger partial charge in [0.1, 0.15) is 4.90 Å². The molecule has 0 spiro atoms. The number of sulfonamides is 1. The molecule has 1 aromatic heterocycles. The lowest BCUT2D eigenvalue weighted by Crippen LogP contribution is -2.27. The molecule has 0 atom stereocenters. The van der Waals surface area contributed by atoms with Gasteiger partial charge in [0.25, 0.3) is 0 Å². The highest BCUT2D eigenvalue weighted by molar-refractivity contribution is 7.89. The second-order valence-corrected chi connectivity index (χ2v) is 6.27. The molecule has 0 aliphatic carbocycles. The Labute approximate surface area is 109 Å². The van der Waals surface area contributed by atoms with E-state index in [1.54, 1.807) is 32.5 Å². The number of hydrogen-bond donors (Lipinski definition) is 1. The third kappa shape index (κ3) is 2.73. The molecule has 0 aliphatic heterocycles. The summed E-state index contributed by atoms with van der Waals surface area (Å²) in [4.78, 5) is 0.323. The first kappa shape index (κ1) is 15.1. The number of hydrogen-bond acceptors (Lipinski definition) is 4. The van der Waals surface area contributed by atoms with Crippen LogP contribution in [0.2, 0.25) is 0 Å². The summed E-state index contributed by atoms with van der Waals surface area (Å²) in [5.41, 5.74) is 6.69. The molecule has 0 unspecified atom stereocenters. The second-order valence-electron chi connectivity index (χ2n) is 4.28. The van der Waals surface area contributed by atoms with Crippen LogP contribution in [-0.4, -0.2) is 42.6 Å². The summed E-state index contributed by atoms with van der Waals surface area (Å²) in [7, 11) is -1.86. The van der Waals surface area contributed by atoms with Crippen LogP contribution in [0, 0.1) is 13.8 Å². The third-order valence-electron chi connectivity index (χ3n) is 3.00. The van der Waals surface area contributed by atoms with Crippen molar-refractivity contribution in [2.24, 2.45) is 5.73 Å². The van der Waals surface area contributed by atoms with Gasteiger partial charge in [-0.15, -0.1) is 0 Å². The van der Waals surface area contributed by atoms with E-state index in [2.05, 4.69) is 5.10 Å². The lowest BCUT2D eigenvalue weighted by molar-refractivity contribution is 0.484. The molecule has 0 bridgehead atoms. The Kier molecular flexibility index (Phi) is 4.89. The molecular formula is C11H22N4O2S. The zero-order valence-electron chi connectivity index (χ0n) is 11.5. The average Bonchev–Trinajstić information content (AvgIpc) is 2.60. The number of nitrogens with two attached hydrogens (primary N) is 1. The van der Waals surface area contributed by atoms with E-state index in [-0.39, 0.29) is 0 Å². The smallest absolute Gasteiger partial charge is 0.246 e. The van der Waals surface area contributed by atoms with Crippen molar-refractivity contribution in [1.29, 1.82) is 0 Å². The molecule has 0 saturated carbocycles. The monoisotopic (exact) mass is 274 g/mol. The lowest BCUT2D eigenvalue weighted by Gasteiger charge is -2.15. The van der Waals surface area contributed by atoms with Crippen LogP contribution in [0.1, 0.15) is 24.7 Å². The molecule has 104 valence electrons. The highest BCUT2D eigenvalue weighted by Gasteiger charge is 2.27. The molecule has 0 fully saturated rings. The Morgan fingerprint density at radius 2 is 2.00 bits per heavy atom. The van der Waals surface area contributed by atoms with E-state index in [4.69, 9.17) is 5.73 Å². The normalized spacial score (nSPS) is 12.3. The molecule has 0 aliphatic rings. The summed E-state index contributed by atoms with van der Waals surface area (Å²) >= 11 is 0. The first-order chi connectivity index (χ1) is 8.36. The van der Waals surface area contributed by atoms with Crippen LogP contribution in [0.25, 0.3) is 0 Å². The Balaban J connectivity index is 3.22. The minimum Gasteiger partial charge on any atom is -0.330 e. The zero-order chi connectivity index (χ0) is 13.9. The average molecular weight is 274 g/mol. The fourth-order valence-electron chi connectivity index (χ4n) is 1.84. The van der Waals surface area contributed by atoms with Gasteiger partial charge in [-0.1, -0.05) is 6.92 Å². The molecule has 7 heteroatoms. The Hall–Kier alpha value is -0.920. The highest BCUT2D eigenvalue weighted by atomic mass is 32.2. The topological polar surface area (TPSA) is 81.2 Å². The zero-order valence-corrected chi connectivity index (χ0v) is 12.3. The molecule has 1 heterocycles. The second kappa shape index (κ2) is 5.81. The molecule has 0 saturated heterocycles. The summed E-state index contributed by atoms with van der Waals surface area (Å²) in [5.74, 6) is 0. The first-order valence-electron chi connectivity index (χ1n) is 6.06. The third-order valence-corrected chi connectivity index (χ3v) is 5.19. The summed E-state index contributed by atoms with van der Waals surface area (Å²) in [6.07, 6.45) is 0.783. The molecule has 0 aromatic carbocycles. The van der Waals surface area contributed by atoms with Crippen molar-refractivity contribution in [1.82, 2.24) is 14.1 Å². The maximum atomic E-state index is 12.3. The predicted molar refractivity (Wildman–Crippen MR) is 70.9 cm³/mol. The van der Waals surface area contributed by atoms with Crippen LogP contribution in [0.3, 0.4) is 0 Å². The van der Waals surface area contributed by atoms with Crippen LogP contribution in [0.5, 0.6) is 0 Å². The van der Waals surface area contributed by atoms with Crippen LogP contribution in [0.4, 0.5) is 0 Å². The molecule has 1 rings (SSSR count). The van der Waals surface area contributed by atoms with Gasteiger partial charge in [0, 0.05) is 20.1 Å². The van der Waals surface area contributed by atoms with Crippen molar-refractivity contribution in [3.05, 3.63) is 11.4 Å². The van der Waals surface area contributed by atoms with Crippen molar-refractivity contribution in [3.8, 4) is 0 Å². The van der Waals surface area contributed by atoms with Gasteiger partial charge in [0.05, 0.1) is 11.4 Å². The number of aromatic nitrogens is 2. The fraction of sp³-hybridized carbons (Fsp3) is 0.727. The summed E-state index contributed by atoms with van der Waals surface area (Å²) < 4.78 is 27.7. The van der Waals surface area contributed by atoms with E-state index in [0.717, 1.165) is 6.42 Å². The first-order valence-corrected chi connectivity index (χ1v) is 7.50. The lowest BCUT2D eigenvalue weighted by atomic mass is 10.4. The van der Waals surface area contributed by atoms with Gasteiger partial charge in [-0.2, -0.15) is 5.10 Å². The van der Waals surface area contributed by atoms with Gasteiger partial charge in [-0.25, -0.2) is 12.7 Å². The maximum absolute atomic E-state index is 12.3. The molecule has 2 N–H and O–H groups in total. The summed E-state index contributed by atoms with van der Waals surface area (Å²) in [6.45, 7) is 6.97. The van der Waals surface area contributed by atoms with Crippen molar-refractivity contribution < 1.29 is 8.42 Å². The molecule has 0 amide bonds. The van der Waals surface area contributed by atoms with Crippen LogP contribution >= 0.6 is 0 Å². The SMILES string of the molecule is CCN(C)S(=O)(=O)c1c(C)nn(CCCN)c1C. The van der Waals surface area contributed by atoms with Gasteiger partial charge in [0.2, 0.25) is 10.0 Å². The van der Waals surface area contributed by atoms with Crippen molar-refractivity contribution in [2.45, 2.75) is 38.6 Å². The van der Waals surface area contributed by atoms with Gasteiger partial charge < -0.3 is 5.73 Å². The Morgan fingerprint density at radius 3 is 2.50 bits per heavy atom. The highest BCUT2D eigenvalue weighted by Crippen LogP contribution is 2.22. The van der Waals surface area contributed by atoms with Crippen LogP contribution < -0.4 is 5.73 Å². The number of rotatable bonds is 6. The largest absolute Gasteiger partial charge is 0.330 e.